The van der Waals surface area contributed by atoms with Crippen molar-refractivity contribution in [2.24, 2.45) is 11.3 Å². The van der Waals surface area contributed by atoms with Gasteiger partial charge in [-0.1, -0.05) is 13.0 Å². The van der Waals surface area contributed by atoms with Gasteiger partial charge in [-0.3, -0.25) is 29.6 Å². The van der Waals surface area contributed by atoms with Crippen molar-refractivity contribution >= 4 is 56.6 Å². The number of rotatable bonds is 12. The summed E-state index contributed by atoms with van der Waals surface area (Å²) in [4.78, 5) is 63.4. The van der Waals surface area contributed by atoms with Gasteiger partial charge < -0.3 is 35.4 Å². The number of nitrogens with one attached hydrogen (secondary N) is 2. The van der Waals surface area contributed by atoms with E-state index in [1.165, 1.54) is 6.07 Å². The molecule has 1 saturated carbocycles. The first-order valence-electron chi connectivity index (χ1n) is 25.5. The summed E-state index contributed by atoms with van der Waals surface area (Å²) in [6.07, 6.45) is 9.25. The van der Waals surface area contributed by atoms with Crippen LogP contribution < -0.4 is 30.9 Å². The molecule has 3 atom stereocenters. The van der Waals surface area contributed by atoms with Gasteiger partial charge in [0.05, 0.1) is 12.0 Å². The second-order valence-electron chi connectivity index (χ2n) is 21.1. The Kier molecular flexibility index (Phi) is 11.6. The molecule has 0 spiro atoms. The number of carbonyl (C=O) groups excluding carboxylic acids is 3. The number of halogens is 2. The average Bonchev–Trinajstić information content (AvgIpc) is 3.94. The molecule has 3 aromatic carbocycles. The van der Waals surface area contributed by atoms with Gasteiger partial charge in [0.15, 0.2) is 5.82 Å². The van der Waals surface area contributed by atoms with Crippen LogP contribution in [0.25, 0.3) is 32.9 Å². The van der Waals surface area contributed by atoms with E-state index in [0.29, 0.717) is 83.0 Å². The van der Waals surface area contributed by atoms with Crippen molar-refractivity contribution in [3.05, 3.63) is 77.0 Å². The molecule has 8 heterocycles. The number of amides is 3. The number of anilines is 3. The van der Waals surface area contributed by atoms with E-state index in [2.05, 4.69) is 36.3 Å². The summed E-state index contributed by atoms with van der Waals surface area (Å²) >= 11 is 0. The van der Waals surface area contributed by atoms with Gasteiger partial charge in [-0.15, -0.1) is 0 Å². The number of ether oxygens (including phenoxy) is 1. The minimum atomic E-state index is -0.611. The van der Waals surface area contributed by atoms with Crippen molar-refractivity contribution in [3.63, 3.8) is 0 Å². The fourth-order valence-corrected chi connectivity index (χ4v) is 12.4. The maximum atomic E-state index is 17.2. The molecule has 5 saturated heterocycles. The zero-order valence-corrected chi connectivity index (χ0v) is 39.8. The van der Waals surface area contributed by atoms with Crippen molar-refractivity contribution in [1.29, 1.82) is 0 Å². The lowest BCUT2D eigenvalue weighted by molar-refractivity contribution is -0.136. The second-order valence-corrected chi connectivity index (χ2v) is 21.1. The monoisotopic (exact) mass is 953 g/mol. The lowest BCUT2D eigenvalue weighted by atomic mass is 9.94. The number of piperidine rings is 2. The standard InChI is InChI=1S/C53H61F2N11O4/c1-2-38-42(54)8-3-32-21-34(56)23-40(45(32)38)47-46(55)48-41(24-57-47)49(65-27-35-4-5-36(28-65)58-35)61-52(60-48)70-30-53(13-14-53)29-63-15-11-31(12-16-63)25-62-17-19-64(20-18-62)37-6-7-39-33(22-37)26-66(51(39)69)43-9-10-44(67)59-50(43)68/h3,6-8,21-24,31,35-36,43,58H,2,4-5,9-20,25-30,56H2,1H3,(H,59,67,68)/t35?,36?,43-/m0/s1. The number of pyridine rings is 1. The highest BCUT2D eigenvalue weighted by Gasteiger charge is 2.46. The maximum absolute atomic E-state index is 17.2. The third kappa shape index (κ3) is 8.46. The summed E-state index contributed by atoms with van der Waals surface area (Å²) in [5.74, 6) is -0.502. The third-order valence-corrected chi connectivity index (χ3v) is 16.5. The largest absolute Gasteiger partial charge is 0.463 e. The van der Waals surface area contributed by atoms with Crippen molar-refractivity contribution in [2.75, 3.05) is 87.6 Å². The molecule has 17 heteroatoms. The van der Waals surface area contributed by atoms with E-state index in [9.17, 15) is 14.4 Å². The van der Waals surface area contributed by atoms with E-state index in [0.717, 1.165) is 121 Å². The number of carbonyl (C=O) groups is 3. The predicted octanol–water partition coefficient (Wildman–Crippen LogP) is 5.66. The number of hydrogen-bond donors (Lipinski definition) is 3. The normalized spacial score (nSPS) is 24.0. The number of piperazine rings is 2. The van der Waals surface area contributed by atoms with Crippen LogP contribution in [0.1, 0.15) is 79.8 Å². The molecular weight excluding hydrogens is 893 g/mol. The number of likely N-dealkylation sites (tertiary alicyclic amines) is 1. The van der Waals surface area contributed by atoms with E-state index in [4.69, 9.17) is 25.4 Å². The molecule has 2 bridgehead atoms. The fourth-order valence-electron chi connectivity index (χ4n) is 12.4. The van der Waals surface area contributed by atoms with Gasteiger partial charge in [0.2, 0.25) is 11.8 Å². The minimum Gasteiger partial charge on any atom is -0.463 e. The quantitative estimate of drug-likeness (QED) is 0.104. The molecule has 6 fully saturated rings. The number of nitrogen functional groups attached to an aromatic ring is 1. The van der Waals surface area contributed by atoms with Crippen LogP contribution in [0.2, 0.25) is 0 Å². The lowest BCUT2D eigenvalue weighted by Crippen LogP contribution is -2.52. The molecule has 0 radical (unpaired) electrons. The molecule has 3 amide bonds. The Hall–Kier alpha value is -6.04. The van der Waals surface area contributed by atoms with E-state index >= 15 is 8.78 Å². The first kappa shape index (κ1) is 45.1. The smallest absolute Gasteiger partial charge is 0.319 e. The Morgan fingerprint density at radius 1 is 0.857 bits per heavy atom. The zero-order chi connectivity index (χ0) is 47.8. The highest BCUT2D eigenvalue weighted by atomic mass is 19.1. The Bertz CT molecular complexity index is 2900. The van der Waals surface area contributed by atoms with E-state index in [-0.39, 0.29) is 52.6 Å². The van der Waals surface area contributed by atoms with Crippen molar-refractivity contribution in [3.8, 4) is 17.3 Å². The second kappa shape index (κ2) is 18.0. The number of benzene rings is 3. The van der Waals surface area contributed by atoms with Crippen LogP contribution in [0.5, 0.6) is 6.01 Å². The summed E-state index contributed by atoms with van der Waals surface area (Å²) in [5.41, 5.74) is 10.6. The highest BCUT2D eigenvalue weighted by Crippen LogP contribution is 2.47. The topological polar surface area (TPSA) is 165 Å². The van der Waals surface area contributed by atoms with Crippen LogP contribution in [0.15, 0.2) is 48.7 Å². The van der Waals surface area contributed by atoms with Gasteiger partial charge in [-0.05, 0) is 129 Å². The molecule has 12 rings (SSSR count). The fraction of sp³-hybridized carbons (Fsp3) is 0.509. The minimum absolute atomic E-state index is 0.00701. The Morgan fingerprint density at radius 3 is 2.39 bits per heavy atom. The first-order valence-corrected chi connectivity index (χ1v) is 25.5. The molecular formula is C53H61F2N11O4. The number of nitrogens with zero attached hydrogens (tertiary/aromatic N) is 8. The number of fused-ring (bicyclic) bond motifs is 5. The summed E-state index contributed by atoms with van der Waals surface area (Å²) in [6, 6.07) is 12.8. The summed E-state index contributed by atoms with van der Waals surface area (Å²) in [6.45, 7) is 12.1. The number of hydrogen-bond acceptors (Lipinski definition) is 13. The molecule has 15 nitrogen and oxygen atoms in total. The average molecular weight is 954 g/mol. The van der Waals surface area contributed by atoms with Crippen LogP contribution in [0.4, 0.5) is 26.0 Å². The van der Waals surface area contributed by atoms with Crippen molar-refractivity contribution in [2.45, 2.75) is 89.4 Å². The SMILES string of the molecule is CCc1c(F)ccc2cc(N)cc(-c3ncc4c(N5CC6CCC(C5)N6)nc(OCC5(CN6CCC(CN7CCN(c8ccc9c(c8)CN([C@H]8CCC(=O)NC8=O)C9=O)CC7)CC6)CC5)nc4c3F)c12. The molecule has 1 aliphatic carbocycles. The number of imide groups is 1. The summed E-state index contributed by atoms with van der Waals surface area (Å²) < 4.78 is 39.0. The first-order chi connectivity index (χ1) is 34.0. The van der Waals surface area contributed by atoms with Crippen LogP contribution in [-0.2, 0) is 22.6 Å². The van der Waals surface area contributed by atoms with Gasteiger partial charge in [0.1, 0.15) is 28.9 Å². The Labute approximate surface area is 406 Å². The molecule has 5 aromatic rings. The maximum Gasteiger partial charge on any atom is 0.319 e. The Morgan fingerprint density at radius 2 is 1.64 bits per heavy atom. The molecule has 70 heavy (non-hydrogen) atoms. The Balaban J connectivity index is 0.683. The van der Waals surface area contributed by atoms with Crippen LogP contribution in [-0.4, -0.2) is 138 Å². The van der Waals surface area contributed by atoms with E-state index in [1.54, 1.807) is 29.3 Å². The highest BCUT2D eigenvalue weighted by molar-refractivity contribution is 6.06. The number of aryl methyl sites for hydroxylation is 1. The van der Waals surface area contributed by atoms with Gasteiger partial charge in [-0.2, -0.15) is 9.97 Å². The van der Waals surface area contributed by atoms with Crippen LogP contribution >= 0.6 is 0 Å². The molecule has 2 unspecified atom stereocenters. The van der Waals surface area contributed by atoms with E-state index < -0.39 is 11.9 Å². The molecule has 2 aromatic heterocycles. The summed E-state index contributed by atoms with van der Waals surface area (Å²) in [7, 11) is 0. The van der Waals surface area contributed by atoms with Gasteiger partial charge in [0, 0.05) is 112 Å². The van der Waals surface area contributed by atoms with Crippen molar-refractivity contribution < 1.29 is 27.9 Å². The van der Waals surface area contributed by atoms with Gasteiger partial charge in [0.25, 0.3) is 5.91 Å². The van der Waals surface area contributed by atoms with Crippen LogP contribution in [0, 0.1) is 23.0 Å². The molecule has 7 aliphatic rings. The van der Waals surface area contributed by atoms with Gasteiger partial charge >= 0.3 is 6.01 Å². The number of nitrogens with two attached hydrogens (primary N) is 1. The molecule has 366 valence electrons. The summed E-state index contributed by atoms with van der Waals surface area (Å²) in [5, 5.41) is 7.93. The van der Waals surface area contributed by atoms with Crippen molar-refractivity contribution in [1.82, 2.24) is 40.3 Å². The third-order valence-electron chi connectivity index (χ3n) is 16.5. The predicted molar refractivity (Wildman–Crippen MR) is 264 cm³/mol. The zero-order valence-electron chi connectivity index (χ0n) is 39.8. The lowest BCUT2D eigenvalue weighted by Gasteiger charge is -2.40. The number of aromatic nitrogens is 3. The van der Waals surface area contributed by atoms with E-state index in [1.807, 2.05) is 19.1 Å². The molecule has 6 aliphatic heterocycles. The van der Waals surface area contributed by atoms with Crippen LogP contribution in [0.3, 0.4) is 0 Å². The molecule has 4 N–H and O–H groups in total. The van der Waals surface area contributed by atoms with Gasteiger partial charge in [-0.25, -0.2) is 8.78 Å².